The molecule has 4 heterocycles. The standard InChI is InChI=1S/C44H43N11O5/c1-2-40(59)54-23-22-53(26-31(54)16-19-45)41-34-18-21-52(37-9-5-7-29-6-3-4-8-33(29)37)27-36(34)48-43(49-41)46-20-17-39(58)47-25-28-10-12-30(13-11-28)55-42(50-51-44(55)60)35-15-14-32(56)24-38(35)57/h2-15,24,31,56-57H,1,16-18,20-23,25-27H2,(H,47,58)(H,51,60)(H,46,48,49). The zero-order chi connectivity index (χ0) is 41.8. The highest BCUT2D eigenvalue weighted by atomic mass is 16.3. The third kappa shape index (κ3) is 8.05. The smallest absolute Gasteiger partial charge is 0.348 e. The summed E-state index contributed by atoms with van der Waals surface area (Å²) in [5.74, 6) is 0.600. The molecule has 5 N–H and O–H groups in total. The number of aromatic hydroxyl groups is 2. The molecule has 0 bridgehead atoms. The number of aromatic nitrogens is 5. The molecule has 0 spiro atoms. The topological polar surface area (TPSA) is 209 Å². The fraction of sp³-hybridized carbons (Fsp3) is 0.250. The molecule has 4 aromatic carbocycles. The fourth-order valence-electron chi connectivity index (χ4n) is 7.94. The van der Waals surface area contributed by atoms with Gasteiger partial charge in [0, 0.05) is 68.4 Å². The van der Waals surface area contributed by atoms with Gasteiger partial charge in [0.1, 0.15) is 17.3 Å². The summed E-state index contributed by atoms with van der Waals surface area (Å²) in [6.45, 7) is 6.88. The Labute approximate surface area is 345 Å². The van der Waals surface area contributed by atoms with Crippen molar-refractivity contribution in [1.82, 2.24) is 34.9 Å². The highest BCUT2D eigenvalue weighted by molar-refractivity contribution is 5.94. The van der Waals surface area contributed by atoms with Crippen molar-refractivity contribution in [3.63, 3.8) is 0 Å². The van der Waals surface area contributed by atoms with Gasteiger partial charge in [-0.15, -0.1) is 0 Å². The van der Waals surface area contributed by atoms with Crippen molar-refractivity contribution in [2.75, 3.05) is 47.8 Å². The van der Waals surface area contributed by atoms with Gasteiger partial charge in [-0.3, -0.25) is 9.59 Å². The number of nitrogens with one attached hydrogen (secondary N) is 3. The minimum absolute atomic E-state index is 0.120. The van der Waals surface area contributed by atoms with Crippen molar-refractivity contribution in [3.05, 3.63) is 125 Å². The van der Waals surface area contributed by atoms with E-state index in [1.165, 1.54) is 28.8 Å². The van der Waals surface area contributed by atoms with Crippen molar-refractivity contribution in [1.29, 1.82) is 5.26 Å². The maximum absolute atomic E-state index is 13.1. The number of carbonyl (C=O) groups excluding carboxylic acids is 2. The number of fused-ring (bicyclic) bond motifs is 2. The Morgan fingerprint density at radius 1 is 0.983 bits per heavy atom. The number of nitriles is 1. The van der Waals surface area contributed by atoms with Crippen LogP contribution in [0.1, 0.15) is 29.7 Å². The molecular weight excluding hydrogens is 763 g/mol. The number of carbonyl (C=O) groups is 2. The predicted octanol–water partition coefficient (Wildman–Crippen LogP) is 4.38. The average Bonchev–Trinajstić information content (AvgIpc) is 3.65. The fourth-order valence-corrected chi connectivity index (χ4v) is 7.94. The van der Waals surface area contributed by atoms with E-state index in [-0.39, 0.29) is 66.7 Å². The summed E-state index contributed by atoms with van der Waals surface area (Å²) in [5.41, 5.74) is 4.09. The number of benzene rings is 4. The van der Waals surface area contributed by atoms with Crippen LogP contribution in [-0.2, 0) is 29.1 Å². The zero-order valence-corrected chi connectivity index (χ0v) is 32.7. The molecule has 304 valence electrons. The Balaban J connectivity index is 0.955. The second-order valence-electron chi connectivity index (χ2n) is 14.7. The SMILES string of the molecule is C=CC(=O)N1CCN(c2nc(NCCC(=O)NCc3ccc(-n4c(-c5ccc(O)cc5O)n[nH]c4=O)cc3)nc3c2CCN(c2cccc4ccccc24)C3)CC1CC#N. The van der Waals surface area contributed by atoms with Crippen molar-refractivity contribution in [2.24, 2.45) is 0 Å². The number of H-pyrrole nitrogens is 1. The molecule has 2 aromatic heterocycles. The highest BCUT2D eigenvalue weighted by Crippen LogP contribution is 2.35. The van der Waals surface area contributed by atoms with E-state index in [2.05, 4.69) is 73.6 Å². The molecular formula is C44H43N11O5. The van der Waals surface area contributed by atoms with Gasteiger partial charge in [0.25, 0.3) is 0 Å². The predicted molar refractivity (Wildman–Crippen MR) is 227 cm³/mol. The maximum Gasteiger partial charge on any atom is 0.348 e. The summed E-state index contributed by atoms with van der Waals surface area (Å²) < 4.78 is 1.31. The van der Waals surface area contributed by atoms with Gasteiger partial charge < -0.3 is 35.5 Å². The third-order valence-electron chi connectivity index (χ3n) is 10.9. The first-order valence-electron chi connectivity index (χ1n) is 19.7. The molecule has 2 amide bonds. The summed E-state index contributed by atoms with van der Waals surface area (Å²) >= 11 is 0. The monoisotopic (exact) mass is 805 g/mol. The van der Waals surface area contributed by atoms with Gasteiger partial charge in [-0.1, -0.05) is 55.1 Å². The number of nitrogens with zero attached hydrogens (tertiary/aromatic N) is 8. The van der Waals surface area contributed by atoms with Gasteiger partial charge in [0.15, 0.2) is 5.82 Å². The molecule has 6 aromatic rings. The molecule has 16 nitrogen and oxygen atoms in total. The van der Waals surface area contributed by atoms with Crippen LogP contribution in [0.4, 0.5) is 17.5 Å². The molecule has 1 atom stereocenters. The van der Waals surface area contributed by atoms with Crippen LogP contribution in [0.25, 0.3) is 27.8 Å². The quantitative estimate of drug-likeness (QED) is 0.109. The first-order valence-corrected chi connectivity index (χ1v) is 19.7. The van der Waals surface area contributed by atoms with Gasteiger partial charge in [0.05, 0.1) is 42.0 Å². The first-order chi connectivity index (χ1) is 29.2. The van der Waals surface area contributed by atoms with Crippen LogP contribution in [-0.4, -0.2) is 90.4 Å². The zero-order valence-electron chi connectivity index (χ0n) is 32.7. The number of rotatable bonds is 12. The Bertz CT molecular complexity index is 2680. The molecule has 16 heteroatoms. The molecule has 60 heavy (non-hydrogen) atoms. The Kier molecular flexibility index (Phi) is 11.1. The van der Waals surface area contributed by atoms with Crippen molar-refractivity contribution >= 4 is 40.0 Å². The van der Waals surface area contributed by atoms with Crippen LogP contribution in [0.2, 0.25) is 0 Å². The molecule has 0 radical (unpaired) electrons. The van der Waals surface area contributed by atoms with Gasteiger partial charge in [0.2, 0.25) is 17.8 Å². The number of hydrogen-bond acceptors (Lipinski definition) is 12. The lowest BCUT2D eigenvalue weighted by Gasteiger charge is -2.42. The molecule has 2 aliphatic rings. The van der Waals surface area contributed by atoms with Crippen molar-refractivity contribution in [3.8, 4) is 34.6 Å². The van der Waals surface area contributed by atoms with E-state index in [4.69, 9.17) is 9.97 Å². The molecule has 1 saturated heterocycles. The molecule has 1 unspecified atom stereocenters. The van der Waals surface area contributed by atoms with Crippen LogP contribution < -0.4 is 26.1 Å². The number of hydrogen-bond donors (Lipinski definition) is 5. The summed E-state index contributed by atoms with van der Waals surface area (Å²) in [4.78, 5) is 54.6. The minimum Gasteiger partial charge on any atom is -0.508 e. The average molecular weight is 806 g/mol. The summed E-state index contributed by atoms with van der Waals surface area (Å²) in [7, 11) is 0. The number of amides is 2. The lowest BCUT2D eigenvalue weighted by atomic mass is 10.0. The second-order valence-corrected chi connectivity index (χ2v) is 14.7. The van der Waals surface area contributed by atoms with Gasteiger partial charge >= 0.3 is 5.69 Å². The van der Waals surface area contributed by atoms with Crippen molar-refractivity contribution < 1.29 is 19.8 Å². The van der Waals surface area contributed by atoms with Crippen LogP contribution in [0.3, 0.4) is 0 Å². The van der Waals surface area contributed by atoms with Crippen LogP contribution in [0.15, 0.2) is 102 Å². The minimum atomic E-state index is -0.506. The largest absolute Gasteiger partial charge is 0.508 e. The molecule has 8 rings (SSSR count). The van der Waals surface area contributed by atoms with Gasteiger partial charge in [-0.2, -0.15) is 15.3 Å². The van der Waals surface area contributed by atoms with Gasteiger partial charge in [-0.05, 0) is 53.8 Å². The number of anilines is 3. The summed E-state index contributed by atoms with van der Waals surface area (Å²) in [6.07, 6.45) is 2.32. The highest BCUT2D eigenvalue weighted by Gasteiger charge is 2.33. The Hall–Kier alpha value is -7.67. The van der Waals surface area contributed by atoms with Crippen LogP contribution in [0, 0.1) is 11.3 Å². The second kappa shape index (κ2) is 17.0. The normalized spacial score (nSPS) is 15.0. The lowest BCUT2D eigenvalue weighted by molar-refractivity contribution is -0.128. The lowest BCUT2D eigenvalue weighted by Crippen LogP contribution is -2.55. The molecule has 1 fully saturated rings. The van der Waals surface area contributed by atoms with Gasteiger partial charge in [-0.25, -0.2) is 19.4 Å². The summed E-state index contributed by atoms with van der Waals surface area (Å²) in [6, 6.07) is 27.6. The van der Waals surface area contributed by atoms with E-state index < -0.39 is 5.69 Å². The first kappa shape index (κ1) is 39.2. The maximum atomic E-state index is 13.1. The molecule has 0 saturated carbocycles. The Morgan fingerprint density at radius 2 is 1.80 bits per heavy atom. The number of phenols is 2. The number of phenolic OH excluding ortho intramolecular Hbond substituents is 2. The molecule has 2 aliphatic heterocycles. The van der Waals surface area contributed by atoms with E-state index in [9.17, 15) is 29.9 Å². The number of aromatic amines is 1. The van der Waals surface area contributed by atoms with E-state index >= 15 is 0 Å². The number of piperazine rings is 1. The molecule has 0 aliphatic carbocycles. The van der Waals surface area contributed by atoms with Crippen molar-refractivity contribution in [2.45, 2.75) is 38.4 Å². The van der Waals surface area contributed by atoms with E-state index in [1.54, 1.807) is 29.2 Å². The van der Waals surface area contributed by atoms with E-state index in [0.29, 0.717) is 44.2 Å². The Morgan fingerprint density at radius 3 is 2.60 bits per heavy atom. The van der Waals surface area contributed by atoms with E-state index in [0.717, 1.165) is 45.6 Å². The van der Waals surface area contributed by atoms with Crippen LogP contribution >= 0.6 is 0 Å². The van der Waals surface area contributed by atoms with Crippen LogP contribution in [0.5, 0.6) is 11.5 Å². The van der Waals surface area contributed by atoms with E-state index in [1.807, 2.05) is 12.1 Å². The third-order valence-corrected chi connectivity index (χ3v) is 10.9. The summed E-state index contributed by atoms with van der Waals surface area (Å²) in [5, 5.41) is 44.7.